The van der Waals surface area contributed by atoms with Crippen molar-refractivity contribution in [3.8, 4) is 0 Å². The van der Waals surface area contributed by atoms with Crippen molar-refractivity contribution < 1.29 is 9.53 Å². The molecular formula is C11H11ClO2. The summed E-state index contributed by atoms with van der Waals surface area (Å²) in [5, 5.41) is 0.598. The van der Waals surface area contributed by atoms with Crippen molar-refractivity contribution in [2.75, 3.05) is 0 Å². The highest BCUT2D eigenvalue weighted by Crippen LogP contribution is 2.27. The molecule has 0 aromatic heterocycles. The van der Waals surface area contributed by atoms with E-state index in [4.69, 9.17) is 16.3 Å². The highest BCUT2D eigenvalue weighted by molar-refractivity contribution is 6.31. The summed E-state index contributed by atoms with van der Waals surface area (Å²) in [5.41, 5.74) is 0.807. The Kier molecular flexibility index (Phi) is 4.20. The molecule has 2 nitrogen and oxygen atoms in total. The second-order valence-corrected chi connectivity index (χ2v) is 3.17. The van der Waals surface area contributed by atoms with Gasteiger partial charge in [-0.2, -0.15) is 0 Å². The normalized spacial score (nSPS) is 11.8. The summed E-state index contributed by atoms with van der Waals surface area (Å²) in [7, 11) is 0. The van der Waals surface area contributed by atoms with Crippen LogP contribution in [0.15, 0.2) is 36.9 Å². The van der Waals surface area contributed by atoms with Crippen LogP contribution in [0, 0.1) is 0 Å². The van der Waals surface area contributed by atoms with Crippen LogP contribution in [0.4, 0.5) is 0 Å². The Morgan fingerprint density at radius 2 is 2.21 bits per heavy atom. The maximum absolute atomic E-state index is 10.3. The number of rotatable bonds is 5. The highest BCUT2D eigenvalue weighted by Gasteiger charge is 2.13. The van der Waals surface area contributed by atoms with E-state index in [9.17, 15) is 4.79 Å². The monoisotopic (exact) mass is 210 g/mol. The van der Waals surface area contributed by atoms with Crippen LogP contribution >= 0.6 is 11.6 Å². The van der Waals surface area contributed by atoms with Gasteiger partial charge in [-0.3, -0.25) is 4.79 Å². The molecule has 1 rings (SSSR count). The van der Waals surface area contributed by atoms with Crippen LogP contribution in [0.1, 0.15) is 18.1 Å². The number of carbonyl (C=O) groups is 1. The van der Waals surface area contributed by atoms with Crippen LogP contribution in [0.2, 0.25) is 5.02 Å². The highest BCUT2D eigenvalue weighted by atomic mass is 35.5. The molecule has 14 heavy (non-hydrogen) atoms. The molecule has 0 saturated carbocycles. The Bertz CT molecular complexity index is 313. The Morgan fingerprint density at radius 3 is 2.79 bits per heavy atom. The van der Waals surface area contributed by atoms with Crippen molar-refractivity contribution in [2.24, 2.45) is 0 Å². The lowest BCUT2D eigenvalue weighted by Crippen LogP contribution is -2.02. The smallest absolute Gasteiger partial charge is 0.293 e. The van der Waals surface area contributed by atoms with E-state index in [0.717, 1.165) is 5.56 Å². The van der Waals surface area contributed by atoms with E-state index in [2.05, 4.69) is 6.58 Å². The van der Waals surface area contributed by atoms with E-state index >= 15 is 0 Å². The summed E-state index contributed by atoms with van der Waals surface area (Å²) in [5.74, 6) is 0. The molecule has 1 atom stereocenters. The Balaban J connectivity index is 2.91. The third kappa shape index (κ3) is 2.60. The summed E-state index contributed by atoms with van der Waals surface area (Å²) in [6.07, 6.45) is 1.92. The van der Waals surface area contributed by atoms with Crippen molar-refractivity contribution >= 4 is 18.1 Å². The SMILES string of the molecule is C=CC[C@H](OC=O)c1ccccc1Cl. The summed E-state index contributed by atoms with van der Waals surface area (Å²) in [6.45, 7) is 4.03. The molecule has 0 aliphatic heterocycles. The van der Waals surface area contributed by atoms with Gasteiger partial charge < -0.3 is 4.74 Å². The van der Waals surface area contributed by atoms with Gasteiger partial charge in [-0.25, -0.2) is 0 Å². The lowest BCUT2D eigenvalue weighted by molar-refractivity contribution is -0.133. The molecule has 0 N–H and O–H groups in total. The largest absolute Gasteiger partial charge is 0.459 e. The first-order valence-electron chi connectivity index (χ1n) is 4.24. The van der Waals surface area contributed by atoms with Crippen molar-refractivity contribution in [2.45, 2.75) is 12.5 Å². The van der Waals surface area contributed by atoms with Gasteiger partial charge in [0.05, 0.1) is 0 Å². The molecule has 0 fully saturated rings. The molecule has 0 aliphatic carbocycles. The van der Waals surface area contributed by atoms with Gasteiger partial charge >= 0.3 is 0 Å². The van der Waals surface area contributed by atoms with Gasteiger partial charge in [0.1, 0.15) is 6.10 Å². The maximum Gasteiger partial charge on any atom is 0.293 e. The number of halogens is 1. The second kappa shape index (κ2) is 5.45. The standard InChI is InChI=1S/C11H11ClO2/c1-2-5-11(14-8-13)9-6-3-4-7-10(9)12/h2-4,6-8,11H,1,5H2/t11-/m0/s1. The van der Waals surface area contributed by atoms with Gasteiger partial charge in [0.2, 0.25) is 0 Å². The molecule has 0 bridgehead atoms. The third-order valence-electron chi connectivity index (χ3n) is 1.85. The van der Waals surface area contributed by atoms with E-state index in [1.165, 1.54) is 0 Å². The van der Waals surface area contributed by atoms with E-state index < -0.39 is 0 Å². The van der Waals surface area contributed by atoms with Gasteiger partial charge in [0.25, 0.3) is 6.47 Å². The minimum Gasteiger partial charge on any atom is -0.459 e. The fourth-order valence-electron chi connectivity index (χ4n) is 1.21. The maximum atomic E-state index is 10.3. The lowest BCUT2D eigenvalue weighted by atomic mass is 10.1. The van der Waals surface area contributed by atoms with E-state index in [0.29, 0.717) is 17.9 Å². The van der Waals surface area contributed by atoms with Crippen LogP contribution in [-0.4, -0.2) is 6.47 Å². The van der Waals surface area contributed by atoms with Crippen molar-refractivity contribution in [3.63, 3.8) is 0 Å². The van der Waals surface area contributed by atoms with Crippen molar-refractivity contribution in [1.29, 1.82) is 0 Å². The number of carbonyl (C=O) groups excluding carboxylic acids is 1. The number of hydrogen-bond donors (Lipinski definition) is 0. The third-order valence-corrected chi connectivity index (χ3v) is 2.20. The van der Waals surface area contributed by atoms with Gasteiger partial charge in [0, 0.05) is 17.0 Å². The van der Waals surface area contributed by atoms with Gasteiger partial charge in [0.15, 0.2) is 0 Å². The topological polar surface area (TPSA) is 26.3 Å². The van der Waals surface area contributed by atoms with Crippen molar-refractivity contribution in [3.05, 3.63) is 47.5 Å². The van der Waals surface area contributed by atoms with Gasteiger partial charge in [-0.1, -0.05) is 35.9 Å². The quantitative estimate of drug-likeness (QED) is 0.551. The van der Waals surface area contributed by atoms with Crippen LogP contribution < -0.4 is 0 Å². The molecule has 0 heterocycles. The number of hydrogen-bond acceptors (Lipinski definition) is 2. The lowest BCUT2D eigenvalue weighted by Gasteiger charge is -2.14. The molecule has 0 unspecified atom stereocenters. The predicted octanol–water partition coefficient (Wildman–Crippen LogP) is 3.13. The van der Waals surface area contributed by atoms with Gasteiger partial charge in [-0.15, -0.1) is 6.58 Å². The van der Waals surface area contributed by atoms with Gasteiger partial charge in [-0.05, 0) is 6.07 Å². The van der Waals surface area contributed by atoms with Crippen LogP contribution in [0.5, 0.6) is 0 Å². The molecule has 0 amide bonds. The zero-order chi connectivity index (χ0) is 10.4. The zero-order valence-electron chi connectivity index (χ0n) is 7.65. The fraction of sp³-hybridized carbons (Fsp3) is 0.182. The summed E-state index contributed by atoms with van der Waals surface area (Å²) in [4.78, 5) is 10.3. The summed E-state index contributed by atoms with van der Waals surface area (Å²) >= 11 is 5.96. The first kappa shape index (κ1) is 10.8. The van der Waals surface area contributed by atoms with Crippen LogP contribution in [0.25, 0.3) is 0 Å². The molecule has 3 heteroatoms. The summed E-state index contributed by atoms with van der Waals surface area (Å²) in [6, 6.07) is 7.28. The Labute approximate surface area is 88.1 Å². The minimum absolute atomic E-state index is 0.335. The Morgan fingerprint density at radius 1 is 1.50 bits per heavy atom. The molecule has 0 saturated heterocycles. The fourth-order valence-corrected chi connectivity index (χ4v) is 1.47. The van der Waals surface area contributed by atoms with Crippen LogP contribution in [0.3, 0.4) is 0 Å². The molecule has 0 radical (unpaired) electrons. The molecule has 1 aromatic carbocycles. The summed E-state index contributed by atoms with van der Waals surface area (Å²) < 4.78 is 4.91. The average Bonchev–Trinajstić information content (AvgIpc) is 2.18. The molecular weight excluding hydrogens is 200 g/mol. The minimum atomic E-state index is -0.335. The Hall–Kier alpha value is -1.28. The first-order chi connectivity index (χ1) is 6.79. The van der Waals surface area contributed by atoms with Crippen LogP contribution in [-0.2, 0) is 9.53 Å². The van der Waals surface area contributed by atoms with E-state index in [-0.39, 0.29) is 6.10 Å². The number of ether oxygens (including phenoxy) is 1. The molecule has 0 spiro atoms. The molecule has 0 aliphatic rings. The zero-order valence-corrected chi connectivity index (χ0v) is 8.41. The first-order valence-corrected chi connectivity index (χ1v) is 4.61. The van der Waals surface area contributed by atoms with Crippen molar-refractivity contribution in [1.82, 2.24) is 0 Å². The molecule has 1 aromatic rings. The predicted molar refractivity (Wildman–Crippen MR) is 56.2 cm³/mol. The molecule has 74 valence electrons. The number of benzene rings is 1. The average molecular weight is 211 g/mol. The van der Waals surface area contributed by atoms with E-state index in [1.54, 1.807) is 12.1 Å². The second-order valence-electron chi connectivity index (χ2n) is 2.77. The van der Waals surface area contributed by atoms with E-state index in [1.807, 2.05) is 18.2 Å².